The maximum Gasteiger partial charge on any atom is 0.0541 e. The average Bonchev–Trinajstić information content (AvgIpc) is 2.97. The van der Waals surface area contributed by atoms with Gasteiger partial charge in [0, 0.05) is 17.1 Å². The molecule has 5 aromatic rings. The van der Waals surface area contributed by atoms with Crippen LogP contribution in [-0.2, 0) is 0 Å². The molecule has 0 atom stereocenters. The van der Waals surface area contributed by atoms with Crippen molar-refractivity contribution in [2.24, 2.45) is 0 Å². The van der Waals surface area contributed by atoms with Crippen LogP contribution in [0.2, 0.25) is 0 Å². The zero-order valence-corrected chi connectivity index (χ0v) is 12.6. The Balaban J connectivity index is 2.10. The molecule has 108 valence electrons. The summed E-state index contributed by atoms with van der Waals surface area (Å²) in [6.45, 7) is 0. The second-order valence-electron chi connectivity index (χ2n) is 5.88. The summed E-state index contributed by atoms with van der Waals surface area (Å²) >= 11 is 0. The molecule has 0 aliphatic carbocycles. The number of fused-ring (bicyclic) bond motifs is 5. The molecule has 0 N–H and O–H groups in total. The summed E-state index contributed by atoms with van der Waals surface area (Å²) in [6, 6.07) is 30.2. The van der Waals surface area contributed by atoms with Crippen LogP contribution >= 0.6 is 0 Å². The van der Waals surface area contributed by atoms with Crippen molar-refractivity contribution in [1.29, 1.82) is 0 Å². The fourth-order valence-corrected chi connectivity index (χ4v) is 3.61. The van der Waals surface area contributed by atoms with Crippen LogP contribution in [0, 0.1) is 0 Å². The molecule has 0 saturated carbocycles. The second kappa shape index (κ2) is 4.72. The summed E-state index contributed by atoms with van der Waals surface area (Å²) in [6.07, 6.45) is 2.15. The van der Waals surface area contributed by atoms with Crippen molar-refractivity contribution in [2.75, 3.05) is 0 Å². The monoisotopic (exact) mass is 293 g/mol. The number of rotatable bonds is 1. The smallest absolute Gasteiger partial charge is 0.0541 e. The van der Waals surface area contributed by atoms with Gasteiger partial charge in [0.1, 0.15) is 0 Å². The van der Waals surface area contributed by atoms with Gasteiger partial charge in [-0.25, -0.2) is 0 Å². The van der Waals surface area contributed by atoms with E-state index in [0.29, 0.717) is 0 Å². The summed E-state index contributed by atoms with van der Waals surface area (Å²) < 4.78 is 2.30. The van der Waals surface area contributed by atoms with Gasteiger partial charge in [-0.15, -0.1) is 0 Å². The topological polar surface area (TPSA) is 4.41 Å². The maximum absolute atomic E-state index is 2.30. The number of hydrogen-bond donors (Lipinski definition) is 0. The minimum atomic E-state index is 1.25. The highest BCUT2D eigenvalue weighted by Crippen LogP contribution is 2.39. The Bertz CT molecular complexity index is 1150. The Labute approximate surface area is 134 Å². The number of pyridine rings is 1. The molecule has 5 rings (SSSR count). The normalized spacial score (nSPS) is 11.5. The van der Waals surface area contributed by atoms with Gasteiger partial charge in [-0.1, -0.05) is 66.7 Å². The van der Waals surface area contributed by atoms with Crippen molar-refractivity contribution in [1.82, 2.24) is 4.40 Å². The fourth-order valence-electron chi connectivity index (χ4n) is 3.61. The Kier molecular flexibility index (Phi) is 2.56. The summed E-state index contributed by atoms with van der Waals surface area (Å²) in [5.74, 6) is 0. The van der Waals surface area contributed by atoms with Gasteiger partial charge in [0.25, 0.3) is 0 Å². The number of nitrogens with zero attached hydrogens (tertiary/aromatic N) is 1. The van der Waals surface area contributed by atoms with Crippen LogP contribution in [0.1, 0.15) is 0 Å². The lowest BCUT2D eigenvalue weighted by molar-refractivity contribution is 1.26. The molecular formula is C22H15N. The molecule has 0 spiro atoms. The van der Waals surface area contributed by atoms with E-state index in [-0.39, 0.29) is 0 Å². The van der Waals surface area contributed by atoms with Gasteiger partial charge in [0.05, 0.1) is 11.0 Å². The summed E-state index contributed by atoms with van der Waals surface area (Å²) in [7, 11) is 0. The van der Waals surface area contributed by atoms with E-state index in [1.807, 2.05) is 0 Å². The van der Waals surface area contributed by atoms with E-state index in [0.717, 1.165) is 0 Å². The molecule has 0 amide bonds. The molecular weight excluding hydrogens is 278 g/mol. The standard InChI is InChI=1S/C22H15N/c1-2-9-17(10-3-1)21-19-12-6-7-15-23(19)20-14-13-16-8-4-5-11-18(16)22(20)21/h1-15H. The predicted octanol–water partition coefficient (Wildman–Crippen LogP) is 5.91. The van der Waals surface area contributed by atoms with Crippen molar-refractivity contribution >= 4 is 27.2 Å². The first-order valence-electron chi connectivity index (χ1n) is 7.89. The molecule has 0 saturated heterocycles. The van der Waals surface area contributed by atoms with Crippen molar-refractivity contribution < 1.29 is 0 Å². The van der Waals surface area contributed by atoms with E-state index >= 15 is 0 Å². The van der Waals surface area contributed by atoms with Crippen molar-refractivity contribution in [3.63, 3.8) is 0 Å². The SMILES string of the molecule is c1ccc(-c2c3c4ccccc4ccc3n3ccccc23)cc1. The van der Waals surface area contributed by atoms with Crippen molar-refractivity contribution in [2.45, 2.75) is 0 Å². The molecule has 1 heteroatoms. The quantitative estimate of drug-likeness (QED) is 0.362. The molecule has 0 bridgehead atoms. The first-order valence-corrected chi connectivity index (χ1v) is 7.89. The summed E-state index contributed by atoms with van der Waals surface area (Å²) in [5.41, 5.74) is 5.10. The molecule has 0 unspecified atom stereocenters. The highest BCUT2D eigenvalue weighted by Gasteiger charge is 2.15. The molecule has 0 radical (unpaired) electrons. The van der Waals surface area contributed by atoms with E-state index in [1.165, 1.54) is 38.3 Å². The Morgan fingerprint density at radius 3 is 2.26 bits per heavy atom. The van der Waals surface area contributed by atoms with E-state index < -0.39 is 0 Å². The summed E-state index contributed by atoms with van der Waals surface area (Å²) in [4.78, 5) is 0. The van der Waals surface area contributed by atoms with Crippen molar-refractivity contribution in [3.05, 3.63) is 91.1 Å². The third kappa shape index (κ3) is 1.74. The minimum absolute atomic E-state index is 1.25. The van der Waals surface area contributed by atoms with Gasteiger partial charge in [-0.2, -0.15) is 0 Å². The molecule has 0 aliphatic rings. The van der Waals surface area contributed by atoms with Crippen molar-refractivity contribution in [3.8, 4) is 11.1 Å². The van der Waals surface area contributed by atoms with Gasteiger partial charge >= 0.3 is 0 Å². The molecule has 0 fully saturated rings. The van der Waals surface area contributed by atoms with Crippen LogP contribution in [-0.4, -0.2) is 4.40 Å². The first kappa shape index (κ1) is 12.5. The molecule has 2 heterocycles. The maximum atomic E-state index is 2.30. The lowest BCUT2D eigenvalue weighted by Crippen LogP contribution is -1.81. The Morgan fingerprint density at radius 2 is 1.35 bits per heavy atom. The van der Waals surface area contributed by atoms with Gasteiger partial charge < -0.3 is 4.40 Å². The van der Waals surface area contributed by atoms with Crippen LogP contribution in [0.5, 0.6) is 0 Å². The first-order chi connectivity index (χ1) is 11.4. The largest absolute Gasteiger partial charge is 0.316 e. The van der Waals surface area contributed by atoms with Gasteiger partial charge in [0.2, 0.25) is 0 Å². The molecule has 1 nitrogen and oxygen atoms in total. The van der Waals surface area contributed by atoms with Crippen LogP contribution in [0.25, 0.3) is 38.3 Å². The van der Waals surface area contributed by atoms with E-state index in [1.54, 1.807) is 0 Å². The molecule has 0 aliphatic heterocycles. The highest BCUT2D eigenvalue weighted by atomic mass is 14.9. The molecule has 2 aromatic heterocycles. The number of hydrogen-bond acceptors (Lipinski definition) is 0. The van der Waals surface area contributed by atoms with Gasteiger partial charge in [0.15, 0.2) is 0 Å². The third-order valence-electron chi connectivity index (χ3n) is 4.60. The van der Waals surface area contributed by atoms with E-state index in [4.69, 9.17) is 0 Å². The summed E-state index contributed by atoms with van der Waals surface area (Å²) in [5, 5.41) is 3.93. The average molecular weight is 293 g/mol. The van der Waals surface area contributed by atoms with Crippen LogP contribution in [0.4, 0.5) is 0 Å². The Hall–Kier alpha value is -3.06. The fraction of sp³-hybridized carbons (Fsp3) is 0. The van der Waals surface area contributed by atoms with Crippen LogP contribution in [0.3, 0.4) is 0 Å². The minimum Gasteiger partial charge on any atom is -0.316 e. The zero-order valence-electron chi connectivity index (χ0n) is 12.6. The van der Waals surface area contributed by atoms with Crippen LogP contribution < -0.4 is 0 Å². The lowest BCUT2D eigenvalue weighted by Gasteiger charge is -2.04. The second-order valence-corrected chi connectivity index (χ2v) is 5.88. The van der Waals surface area contributed by atoms with Gasteiger partial charge in [-0.05, 0) is 34.5 Å². The Morgan fingerprint density at radius 1 is 0.565 bits per heavy atom. The van der Waals surface area contributed by atoms with E-state index in [2.05, 4.69) is 95.5 Å². The third-order valence-corrected chi connectivity index (χ3v) is 4.60. The van der Waals surface area contributed by atoms with Crippen LogP contribution in [0.15, 0.2) is 91.1 Å². The highest BCUT2D eigenvalue weighted by molar-refractivity contribution is 6.18. The number of benzene rings is 3. The van der Waals surface area contributed by atoms with Gasteiger partial charge in [-0.3, -0.25) is 0 Å². The zero-order chi connectivity index (χ0) is 15.2. The number of aromatic nitrogens is 1. The predicted molar refractivity (Wildman–Crippen MR) is 97.8 cm³/mol. The lowest BCUT2D eigenvalue weighted by atomic mass is 9.98. The molecule has 23 heavy (non-hydrogen) atoms. The van der Waals surface area contributed by atoms with E-state index in [9.17, 15) is 0 Å². The molecule has 3 aromatic carbocycles.